The van der Waals surface area contributed by atoms with Gasteiger partial charge >= 0.3 is 0 Å². The molecular formula is C14H24N2O. The van der Waals surface area contributed by atoms with Gasteiger partial charge in [-0.05, 0) is 52.0 Å². The number of carbonyl (C=O) groups excluding carboxylic acids is 1. The van der Waals surface area contributed by atoms with Crippen molar-refractivity contribution in [3.63, 3.8) is 0 Å². The molecule has 1 rings (SSSR count). The average Bonchev–Trinajstić information content (AvgIpc) is 2.97. The van der Waals surface area contributed by atoms with Gasteiger partial charge in [-0.2, -0.15) is 0 Å². The van der Waals surface area contributed by atoms with Crippen molar-refractivity contribution in [1.82, 2.24) is 10.6 Å². The van der Waals surface area contributed by atoms with Crippen LogP contribution in [0.25, 0.3) is 0 Å². The summed E-state index contributed by atoms with van der Waals surface area (Å²) in [6.45, 7) is 12.0. The summed E-state index contributed by atoms with van der Waals surface area (Å²) in [6, 6.07) is 0.317. The van der Waals surface area contributed by atoms with Crippen molar-refractivity contribution >= 4 is 5.91 Å². The lowest BCUT2D eigenvalue weighted by Crippen LogP contribution is -2.35. The second-order valence-corrected chi connectivity index (χ2v) is 5.29. The van der Waals surface area contributed by atoms with Crippen LogP contribution in [0, 0.1) is 5.41 Å². The number of carbonyl (C=O) groups is 1. The summed E-state index contributed by atoms with van der Waals surface area (Å²) in [4.78, 5) is 11.9. The van der Waals surface area contributed by atoms with Gasteiger partial charge in [0.15, 0.2) is 0 Å². The van der Waals surface area contributed by atoms with E-state index in [1.54, 1.807) is 0 Å². The molecule has 0 aromatic rings. The van der Waals surface area contributed by atoms with E-state index in [2.05, 4.69) is 17.2 Å². The molecule has 1 aliphatic carbocycles. The Bertz CT molecular complexity index is 338. The van der Waals surface area contributed by atoms with Gasteiger partial charge in [0.1, 0.15) is 5.82 Å². The van der Waals surface area contributed by atoms with Crippen LogP contribution >= 0.6 is 0 Å². The first-order chi connectivity index (χ1) is 7.89. The van der Waals surface area contributed by atoms with Crippen LogP contribution in [0.3, 0.4) is 0 Å². The van der Waals surface area contributed by atoms with Crippen LogP contribution in [-0.4, -0.2) is 11.9 Å². The molecule has 0 aliphatic heterocycles. The Kier molecular flexibility index (Phi) is 4.38. The SMILES string of the molecule is C=C(C)C1(CC(=O)N/C(=C/C)NC(C)C)CC1. The second-order valence-electron chi connectivity index (χ2n) is 5.29. The van der Waals surface area contributed by atoms with Crippen LogP contribution < -0.4 is 10.6 Å². The Morgan fingerprint density at radius 2 is 2.06 bits per heavy atom. The summed E-state index contributed by atoms with van der Waals surface area (Å²) < 4.78 is 0. The van der Waals surface area contributed by atoms with Gasteiger partial charge in [-0.1, -0.05) is 12.2 Å². The second kappa shape index (κ2) is 5.39. The molecular weight excluding hydrogens is 212 g/mol. The van der Waals surface area contributed by atoms with Crippen molar-refractivity contribution in [3.8, 4) is 0 Å². The molecule has 0 heterocycles. The van der Waals surface area contributed by atoms with Gasteiger partial charge in [0, 0.05) is 12.5 Å². The van der Waals surface area contributed by atoms with Gasteiger partial charge in [0.25, 0.3) is 0 Å². The molecule has 0 aromatic heterocycles. The van der Waals surface area contributed by atoms with Gasteiger partial charge in [-0.15, -0.1) is 0 Å². The molecule has 96 valence electrons. The molecule has 0 spiro atoms. The van der Waals surface area contributed by atoms with E-state index in [1.165, 1.54) is 0 Å². The third kappa shape index (κ3) is 3.91. The first-order valence-corrected chi connectivity index (χ1v) is 6.28. The predicted molar refractivity (Wildman–Crippen MR) is 71.3 cm³/mol. The van der Waals surface area contributed by atoms with Crippen molar-refractivity contribution in [2.45, 2.75) is 53.0 Å². The van der Waals surface area contributed by atoms with Crippen LogP contribution in [0.15, 0.2) is 24.0 Å². The molecule has 0 saturated heterocycles. The predicted octanol–water partition coefficient (Wildman–Crippen LogP) is 2.71. The highest BCUT2D eigenvalue weighted by molar-refractivity contribution is 5.79. The zero-order valence-corrected chi connectivity index (χ0v) is 11.4. The van der Waals surface area contributed by atoms with E-state index in [0.717, 1.165) is 24.2 Å². The molecule has 0 bridgehead atoms. The van der Waals surface area contributed by atoms with E-state index in [9.17, 15) is 4.79 Å². The largest absolute Gasteiger partial charge is 0.370 e. The molecule has 17 heavy (non-hydrogen) atoms. The molecule has 2 N–H and O–H groups in total. The maximum atomic E-state index is 11.9. The zero-order chi connectivity index (χ0) is 13.1. The van der Waals surface area contributed by atoms with Crippen molar-refractivity contribution in [1.29, 1.82) is 0 Å². The summed E-state index contributed by atoms with van der Waals surface area (Å²) in [6.07, 6.45) is 4.63. The first kappa shape index (κ1) is 13.8. The van der Waals surface area contributed by atoms with E-state index in [4.69, 9.17) is 0 Å². The summed E-state index contributed by atoms with van der Waals surface area (Å²) in [7, 11) is 0. The maximum absolute atomic E-state index is 11.9. The number of nitrogens with one attached hydrogen (secondary N) is 2. The summed E-state index contributed by atoms with van der Waals surface area (Å²) in [5.74, 6) is 0.870. The topological polar surface area (TPSA) is 41.1 Å². The van der Waals surface area contributed by atoms with E-state index in [-0.39, 0.29) is 11.3 Å². The number of allylic oxidation sites excluding steroid dienone is 2. The van der Waals surface area contributed by atoms with Gasteiger partial charge in [0.2, 0.25) is 5.91 Å². The number of rotatable bonds is 6. The minimum atomic E-state index is 0.0757. The number of hydrogen-bond acceptors (Lipinski definition) is 2. The molecule has 1 fully saturated rings. The Morgan fingerprint density at radius 1 is 1.47 bits per heavy atom. The fourth-order valence-electron chi connectivity index (χ4n) is 1.91. The number of hydrogen-bond donors (Lipinski definition) is 2. The lowest BCUT2D eigenvalue weighted by molar-refractivity contribution is -0.121. The van der Waals surface area contributed by atoms with Gasteiger partial charge < -0.3 is 10.6 Å². The van der Waals surface area contributed by atoms with Crippen molar-refractivity contribution in [2.24, 2.45) is 5.41 Å². The number of amides is 1. The zero-order valence-electron chi connectivity index (χ0n) is 11.4. The fourth-order valence-corrected chi connectivity index (χ4v) is 1.91. The Hall–Kier alpha value is -1.25. The minimum absolute atomic E-state index is 0.0757. The molecule has 1 saturated carbocycles. The molecule has 0 radical (unpaired) electrons. The molecule has 0 unspecified atom stereocenters. The maximum Gasteiger partial charge on any atom is 0.226 e. The van der Waals surface area contributed by atoms with Crippen LogP contribution in [0.1, 0.15) is 47.0 Å². The molecule has 1 amide bonds. The van der Waals surface area contributed by atoms with Gasteiger partial charge in [0.05, 0.1) is 0 Å². The average molecular weight is 236 g/mol. The molecule has 3 nitrogen and oxygen atoms in total. The van der Waals surface area contributed by atoms with E-state index >= 15 is 0 Å². The summed E-state index contributed by atoms with van der Waals surface area (Å²) in [5, 5.41) is 6.12. The van der Waals surface area contributed by atoms with Crippen molar-refractivity contribution in [2.75, 3.05) is 0 Å². The highest BCUT2D eigenvalue weighted by atomic mass is 16.1. The van der Waals surface area contributed by atoms with Gasteiger partial charge in [-0.3, -0.25) is 4.79 Å². The fraction of sp³-hybridized carbons (Fsp3) is 0.643. The quantitative estimate of drug-likeness (QED) is 0.696. The molecule has 0 atom stereocenters. The normalized spacial score (nSPS) is 17.8. The van der Waals surface area contributed by atoms with Gasteiger partial charge in [-0.25, -0.2) is 0 Å². The minimum Gasteiger partial charge on any atom is -0.370 e. The molecule has 1 aliphatic rings. The third-order valence-electron chi connectivity index (χ3n) is 3.26. The Labute approximate surface area is 104 Å². The highest BCUT2D eigenvalue weighted by Crippen LogP contribution is 2.53. The van der Waals surface area contributed by atoms with Crippen molar-refractivity contribution < 1.29 is 4.79 Å². The van der Waals surface area contributed by atoms with Crippen LogP contribution in [0.5, 0.6) is 0 Å². The monoisotopic (exact) mass is 236 g/mol. The third-order valence-corrected chi connectivity index (χ3v) is 3.26. The smallest absolute Gasteiger partial charge is 0.226 e. The van der Waals surface area contributed by atoms with E-state index in [0.29, 0.717) is 12.5 Å². The lowest BCUT2D eigenvalue weighted by atomic mass is 9.94. The summed E-state index contributed by atoms with van der Waals surface area (Å²) >= 11 is 0. The van der Waals surface area contributed by atoms with E-state index in [1.807, 2.05) is 33.8 Å². The standard InChI is InChI=1S/C14H24N2O/c1-6-12(15-11(4)5)16-13(17)9-14(7-8-14)10(2)3/h6,11,15H,2,7-9H2,1,3-5H3,(H,16,17)/b12-6+. The first-order valence-electron chi connectivity index (χ1n) is 6.28. The van der Waals surface area contributed by atoms with Crippen LogP contribution in [0.4, 0.5) is 0 Å². The molecule has 0 aromatic carbocycles. The Morgan fingerprint density at radius 3 is 2.41 bits per heavy atom. The Balaban J connectivity index is 2.47. The highest BCUT2D eigenvalue weighted by Gasteiger charge is 2.44. The summed E-state index contributed by atoms with van der Waals surface area (Å²) in [5.41, 5.74) is 1.22. The van der Waals surface area contributed by atoms with Crippen molar-refractivity contribution in [3.05, 3.63) is 24.0 Å². The van der Waals surface area contributed by atoms with Crippen LogP contribution in [-0.2, 0) is 4.79 Å². The van der Waals surface area contributed by atoms with E-state index < -0.39 is 0 Å². The van der Waals surface area contributed by atoms with Crippen LogP contribution in [0.2, 0.25) is 0 Å². The molecule has 3 heteroatoms. The lowest BCUT2D eigenvalue weighted by Gasteiger charge is -2.18.